The fourth-order valence-corrected chi connectivity index (χ4v) is 3.23. The number of rotatable bonds is 5. The molecule has 1 saturated heterocycles. The van der Waals surface area contributed by atoms with Crippen molar-refractivity contribution in [2.75, 3.05) is 13.1 Å². The second-order valence-electron chi connectivity index (χ2n) is 6.90. The number of benzene rings is 1. The van der Waals surface area contributed by atoms with Gasteiger partial charge in [-0.15, -0.1) is 0 Å². The zero-order valence-electron chi connectivity index (χ0n) is 15.4. The third-order valence-corrected chi connectivity index (χ3v) is 4.74. The second-order valence-corrected chi connectivity index (χ2v) is 6.90. The Morgan fingerprint density at radius 3 is 2.61 bits per heavy atom. The molecule has 150 valence electrons. The van der Waals surface area contributed by atoms with Crippen LogP contribution >= 0.6 is 0 Å². The predicted molar refractivity (Wildman–Crippen MR) is 99.4 cm³/mol. The third kappa shape index (κ3) is 5.95. The van der Waals surface area contributed by atoms with E-state index in [2.05, 4.69) is 20.5 Å². The molecule has 1 aliphatic heterocycles. The first-order chi connectivity index (χ1) is 13.4. The molecule has 1 fully saturated rings. The monoisotopic (exact) mass is 392 g/mol. The number of hydrogen-bond acceptors (Lipinski definition) is 3. The number of urea groups is 1. The van der Waals surface area contributed by atoms with E-state index in [0.717, 1.165) is 50.3 Å². The molecule has 0 unspecified atom stereocenters. The van der Waals surface area contributed by atoms with Gasteiger partial charge in [0.1, 0.15) is 0 Å². The molecule has 8 heteroatoms. The fourth-order valence-electron chi connectivity index (χ4n) is 3.23. The van der Waals surface area contributed by atoms with Crippen molar-refractivity contribution < 1.29 is 18.0 Å². The highest BCUT2D eigenvalue weighted by molar-refractivity contribution is 5.74. The summed E-state index contributed by atoms with van der Waals surface area (Å²) in [7, 11) is 0. The van der Waals surface area contributed by atoms with E-state index in [-0.39, 0.29) is 18.6 Å². The average molecular weight is 392 g/mol. The lowest BCUT2D eigenvalue weighted by molar-refractivity contribution is -0.137. The van der Waals surface area contributed by atoms with Crippen LogP contribution in [-0.4, -0.2) is 35.0 Å². The molecule has 2 aromatic rings. The van der Waals surface area contributed by atoms with Gasteiger partial charge in [0.05, 0.1) is 11.3 Å². The van der Waals surface area contributed by atoms with E-state index in [4.69, 9.17) is 0 Å². The summed E-state index contributed by atoms with van der Waals surface area (Å²) in [5, 5.41) is 5.54. The number of hydrogen-bond donors (Lipinski definition) is 2. The maximum atomic E-state index is 12.7. The van der Waals surface area contributed by atoms with Crippen LogP contribution in [0.3, 0.4) is 0 Å². The van der Waals surface area contributed by atoms with Crippen molar-refractivity contribution in [1.29, 1.82) is 0 Å². The Labute approximate surface area is 162 Å². The number of pyridine rings is 1. The molecule has 1 aromatic carbocycles. The van der Waals surface area contributed by atoms with Crippen molar-refractivity contribution in [2.24, 2.45) is 0 Å². The van der Waals surface area contributed by atoms with Gasteiger partial charge in [-0.25, -0.2) is 4.79 Å². The van der Waals surface area contributed by atoms with E-state index < -0.39 is 11.7 Å². The molecular weight excluding hydrogens is 369 g/mol. The minimum atomic E-state index is -4.39. The molecule has 28 heavy (non-hydrogen) atoms. The van der Waals surface area contributed by atoms with E-state index in [9.17, 15) is 18.0 Å². The van der Waals surface area contributed by atoms with E-state index in [1.165, 1.54) is 6.07 Å². The van der Waals surface area contributed by atoms with Crippen molar-refractivity contribution >= 4 is 6.03 Å². The average Bonchev–Trinajstić information content (AvgIpc) is 2.68. The van der Waals surface area contributed by atoms with Gasteiger partial charge in [-0.2, -0.15) is 13.2 Å². The van der Waals surface area contributed by atoms with Gasteiger partial charge in [0.2, 0.25) is 0 Å². The van der Waals surface area contributed by atoms with Gasteiger partial charge in [0.25, 0.3) is 0 Å². The Kier molecular flexibility index (Phi) is 6.51. The normalized spacial score (nSPS) is 16.0. The summed E-state index contributed by atoms with van der Waals surface area (Å²) in [6.45, 7) is 2.55. The highest BCUT2D eigenvalue weighted by Crippen LogP contribution is 2.29. The van der Waals surface area contributed by atoms with Crippen molar-refractivity contribution in [1.82, 2.24) is 20.5 Å². The number of carbonyl (C=O) groups excluding carboxylic acids is 1. The summed E-state index contributed by atoms with van der Waals surface area (Å²) in [4.78, 5) is 18.7. The first-order valence-electron chi connectivity index (χ1n) is 9.23. The van der Waals surface area contributed by atoms with Crippen LogP contribution in [0.25, 0.3) is 0 Å². The van der Waals surface area contributed by atoms with E-state index in [0.29, 0.717) is 5.56 Å². The fraction of sp³-hybridized carbons (Fsp3) is 0.400. The molecule has 2 amide bonds. The number of alkyl halides is 3. The number of carbonyl (C=O) groups is 1. The van der Waals surface area contributed by atoms with Crippen LogP contribution < -0.4 is 10.6 Å². The first-order valence-corrected chi connectivity index (χ1v) is 9.23. The number of amides is 2. The maximum absolute atomic E-state index is 12.7. The second kappa shape index (κ2) is 9.05. The van der Waals surface area contributed by atoms with Crippen LogP contribution in [0.1, 0.15) is 29.7 Å². The Bertz CT molecular complexity index is 775. The van der Waals surface area contributed by atoms with Crippen molar-refractivity contribution in [3.05, 3.63) is 65.5 Å². The molecule has 5 nitrogen and oxygen atoms in total. The molecule has 2 N–H and O–H groups in total. The smallest absolute Gasteiger partial charge is 0.335 e. The van der Waals surface area contributed by atoms with Crippen molar-refractivity contribution in [3.8, 4) is 0 Å². The Hall–Kier alpha value is -2.61. The number of nitrogens with one attached hydrogen (secondary N) is 2. The van der Waals surface area contributed by atoms with Gasteiger partial charge in [0.15, 0.2) is 0 Å². The summed E-state index contributed by atoms with van der Waals surface area (Å²) >= 11 is 0. The maximum Gasteiger partial charge on any atom is 0.416 e. The molecule has 0 atom stereocenters. The molecule has 0 radical (unpaired) electrons. The minimum Gasteiger partial charge on any atom is -0.335 e. The van der Waals surface area contributed by atoms with Crippen LogP contribution in [0.5, 0.6) is 0 Å². The molecule has 2 heterocycles. The number of nitrogens with zero attached hydrogens (tertiary/aromatic N) is 2. The van der Waals surface area contributed by atoms with Gasteiger partial charge in [-0.1, -0.05) is 18.2 Å². The summed E-state index contributed by atoms with van der Waals surface area (Å²) in [5.41, 5.74) is 0.718. The summed E-state index contributed by atoms with van der Waals surface area (Å²) < 4.78 is 38.2. The highest BCUT2D eigenvalue weighted by atomic mass is 19.4. The SMILES string of the molecule is O=C(NCc1cccc(C(F)(F)F)c1)NC1CCN(Cc2ccccn2)CC1. The van der Waals surface area contributed by atoms with E-state index >= 15 is 0 Å². The predicted octanol–water partition coefficient (Wildman–Crippen LogP) is 3.56. The topological polar surface area (TPSA) is 57.3 Å². The lowest BCUT2D eigenvalue weighted by Gasteiger charge is -2.32. The zero-order chi connectivity index (χ0) is 20.0. The molecule has 3 rings (SSSR count). The number of piperidine rings is 1. The number of likely N-dealkylation sites (tertiary alicyclic amines) is 1. The van der Waals surface area contributed by atoms with Gasteiger partial charge in [-0.05, 0) is 42.7 Å². The summed E-state index contributed by atoms with van der Waals surface area (Å²) in [5.74, 6) is 0. The number of halogens is 3. The first kappa shape index (κ1) is 20.1. The largest absolute Gasteiger partial charge is 0.416 e. The van der Waals surface area contributed by atoms with E-state index in [1.54, 1.807) is 12.3 Å². The van der Waals surface area contributed by atoms with Gasteiger partial charge in [0, 0.05) is 38.4 Å². The summed E-state index contributed by atoms with van der Waals surface area (Å²) in [6.07, 6.45) is -0.965. The lowest BCUT2D eigenvalue weighted by atomic mass is 10.1. The summed E-state index contributed by atoms with van der Waals surface area (Å²) in [6, 6.07) is 10.5. The quantitative estimate of drug-likeness (QED) is 0.818. The standard InChI is InChI=1S/C20H23F3N4O/c21-20(22,23)16-5-3-4-15(12-16)13-25-19(28)26-17-7-10-27(11-8-17)14-18-6-1-2-9-24-18/h1-6,9,12,17H,7-8,10-11,13-14H2,(H2,25,26,28). The van der Waals surface area contributed by atoms with Gasteiger partial charge >= 0.3 is 12.2 Å². The van der Waals surface area contributed by atoms with Crippen LogP contribution in [0.15, 0.2) is 48.7 Å². The molecular formula is C20H23F3N4O. The third-order valence-electron chi connectivity index (χ3n) is 4.74. The van der Waals surface area contributed by atoms with Crippen LogP contribution in [0.4, 0.5) is 18.0 Å². The highest BCUT2D eigenvalue weighted by Gasteiger charge is 2.30. The lowest BCUT2D eigenvalue weighted by Crippen LogP contribution is -2.47. The molecule has 0 spiro atoms. The molecule has 0 bridgehead atoms. The zero-order valence-corrected chi connectivity index (χ0v) is 15.4. The van der Waals surface area contributed by atoms with Crippen LogP contribution in [0.2, 0.25) is 0 Å². The van der Waals surface area contributed by atoms with Gasteiger partial charge in [-0.3, -0.25) is 9.88 Å². The van der Waals surface area contributed by atoms with Crippen molar-refractivity contribution in [3.63, 3.8) is 0 Å². The molecule has 1 aromatic heterocycles. The Morgan fingerprint density at radius 2 is 1.93 bits per heavy atom. The Balaban J connectivity index is 1.40. The van der Waals surface area contributed by atoms with Crippen LogP contribution in [-0.2, 0) is 19.3 Å². The van der Waals surface area contributed by atoms with Crippen LogP contribution in [0, 0.1) is 0 Å². The van der Waals surface area contributed by atoms with E-state index in [1.807, 2.05) is 18.2 Å². The van der Waals surface area contributed by atoms with Gasteiger partial charge < -0.3 is 10.6 Å². The number of aromatic nitrogens is 1. The van der Waals surface area contributed by atoms with Crippen molar-refractivity contribution in [2.45, 2.75) is 38.1 Å². The molecule has 1 aliphatic rings. The molecule has 0 saturated carbocycles. The minimum absolute atomic E-state index is 0.0499. The Morgan fingerprint density at radius 1 is 1.14 bits per heavy atom. The molecule has 0 aliphatic carbocycles.